The van der Waals surface area contributed by atoms with Gasteiger partial charge >= 0.3 is 0 Å². The molecule has 1 aliphatic rings. The summed E-state index contributed by atoms with van der Waals surface area (Å²) in [6.45, 7) is 1.22. The van der Waals surface area contributed by atoms with Crippen molar-refractivity contribution in [3.05, 3.63) is 83.3 Å². The Morgan fingerprint density at radius 3 is 2.70 bits per heavy atom. The summed E-state index contributed by atoms with van der Waals surface area (Å²) >= 11 is 0. The zero-order valence-corrected chi connectivity index (χ0v) is 14.8. The zero-order valence-electron chi connectivity index (χ0n) is 14.8. The maximum Gasteiger partial charge on any atom is 0.253 e. The molecule has 1 fully saturated rings. The van der Waals surface area contributed by atoms with E-state index >= 15 is 0 Å². The normalized spacial score (nSPS) is 17.1. The summed E-state index contributed by atoms with van der Waals surface area (Å²) in [5.41, 5.74) is 1.61. The third kappa shape index (κ3) is 4.05. The van der Waals surface area contributed by atoms with Gasteiger partial charge in [-0.15, -0.1) is 0 Å². The summed E-state index contributed by atoms with van der Waals surface area (Å²) in [6, 6.07) is 15.6. The molecule has 0 aliphatic carbocycles. The fourth-order valence-electron chi connectivity index (χ4n) is 3.42. The summed E-state index contributed by atoms with van der Waals surface area (Å²) in [5, 5.41) is 4.14. The standard InChI is InChI=1S/C21H20FN3O2/c22-18-10-8-16(9-11-18)21(26)25-12-4-7-17(14-25)20-23-19(27-24-20)13-15-5-2-1-3-6-15/h1-3,5-6,8-11,17H,4,7,12-14H2/t17-/m0/s1. The van der Waals surface area contributed by atoms with E-state index in [-0.39, 0.29) is 17.6 Å². The van der Waals surface area contributed by atoms with E-state index in [4.69, 9.17) is 4.52 Å². The van der Waals surface area contributed by atoms with E-state index in [0.29, 0.717) is 36.8 Å². The molecule has 6 heteroatoms. The number of likely N-dealkylation sites (tertiary alicyclic amines) is 1. The topological polar surface area (TPSA) is 59.2 Å². The minimum atomic E-state index is -0.346. The Balaban J connectivity index is 1.44. The van der Waals surface area contributed by atoms with Crippen LogP contribution >= 0.6 is 0 Å². The maximum absolute atomic E-state index is 13.1. The molecule has 0 saturated carbocycles. The van der Waals surface area contributed by atoms with E-state index in [1.54, 1.807) is 4.90 Å². The lowest BCUT2D eigenvalue weighted by Gasteiger charge is -2.31. The average molecular weight is 365 g/mol. The van der Waals surface area contributed by atoms with Crippen molar-refractivity contribution < 1.29 is 13.7 Å². The minimum absolute atomic E-state index is 0.0522. The van der Waals surface area contributed by atoms with Gasteiger partial charge in [0.05, 0.1) is 6.42 Å². The van der Waals surface area contributed by atoms with E-state index in [1.165, 1.54) is 24.3 Å². The molecule has 1 aliphatic heterocycles. The van der Waals surface area contributed by atoms with Crippen LogP contribution in [0.15, 0.2) is 59.1 Å². The summed E-state index contributed by atoms with van der Waals surface area (Å²) in [4.78, 5) is 19.0. The predicted octanol–water partition coefficient (Wildman–Crippen LogP) is 3.82. The van der Waals surface area contributed by atoms with Gasteiger partial charge in [-0.1, -0.05) is 35.5 Å². The highest BCUT2D eigenvalue weighted by Gasteiger charge is 2.28. The number of hydrogen-bond acceptors (Lipinski definition) is 4. The fourth-order valence-corrected chi connectivity index (χ4v) is 3.42. The number of aromatic nitrogens is 2. The van der Waals surface area contributed by atoms with Gasteiger partial charge < -0.3 is 9.42 Å². The molecule has 0 unspecified atom stereocenters. The van der Waals surface area contributed by atoms with Crippen molar-refractivity contribution in [3.8, 4) is 0 Å². The Labute approximate surface area is 156 Å². The van der Waals surface area contributed by atoms with Crippen molar-refractivity contribution in [2.75, 3.05) is 13.1 Å². The van der Waals surface area contributed by atoms with Crippen molar-refractivity contribution in [1.82, 2.24) is 15.0 Å². The van der Waals surface area contributed by atoms with Crippen molar-refractivity contribution in [2.45, 2.75) is 25.2 Å². The van der Waals surface area contributed by atoms with Crippen LogP contribution in [-0.2, 0) is 6.42 Å². The predicted molar refractivity (Wildman–Crippen MR) is 97.8 cm³/mol. The first kappa shape index (κ1) is 17.4. The lowest BCUT2D eigenvalue weighted by atomic mass is 9.96. The van der Waals surface area contributed by atoms with E-state index in [1.807, 2.05) is 30.3 Å². The summed E-state index contributed by atoms with van der Waals surface area (Å²) in [7, 11) is 0. The van der Waals surface area contributed by atoms with Crippen molar-refractivity contribution in [3.63, 3.8) is 0 Å². The van der Waals surface area contributed by atoms with E-state index < -0.39 is 0 Å². The fraction of sp³-hybridized carbons (Fsp3) is 0.286. The molecule has 1 atom stereocenters. The molecule has 0 N–H and O–H groups in total. The monoisotopic (exact) mass is 365 g/mol. The quantitative estimate of drug-likeness (QED) is 0.705. The van der Waals surface area contributed by atoms with Gasteiger partial charge in [0.15, 0.2) is 5.82 Å². The van der Waals surface area contributed by atoms with Gasteiger partial charge in [0.2, 0.25) is 5.89 Å². The smallest absolute Gasteiger partial charge is 0.253 e. The van der Waals surface area contributed by atoms with Crippen LogP contribution in [0.25, 0.3) is 0 Å². The number of amides is 1. The van der Waals surface area contributed by atoms with E-state index in [9.17, 15) is 9.18 Å². The second kappa shape index (κ2) is 7.70. The Kier molecular flexibility index (Phi) is 4.96. The lowest BCUT2D eigenvalue weighted by molar-refractivity contribution is 0.0703. The van der Waals surface area contributed by atoms with Gasteiger partial charge in [0, 0.05) is 24.6 Å². The van der Waals surface area contributed by atoms with E-state index in [0.717, 1.165) is 18.4 Å². The second-order valence-corrected chi connectivity index (χ2v) is 6.81. The third-order valence-electron chi connectivity index (χ3n) is 4.85. The molecule has 0 radical (unpaired) electrons. The number of carbonyl (C=O) groups is 1. The van der Waals surface area contributed by atoms with Crippen LogP contribution in [0.5, 0.6) is 0 Å². The van der Waals surface area contributed by atoms with Crippen LogP contribution in [0.2, 0.25) is 0 Å². The van der Waals surface area contributed by atoms with Gasteiger partial charge in [-0.05, 0) is 42.7 Å². The molecule has 1 amide bonds. The average Bonchev–Trinajstić information content (AvgIpc) is 3.17. The lowest BCUT2D eigenvalue weighted by Crippen LogP contribution is -2.39. The molecule has 138 valence electrons. The first-order valence-electron chi connectivity index (χ1n) is 9.10. The van der Waals surface area contributed by atoms with Gasteiger partial charge in [0.25, 0.3) is 5.91 Å². The summed E-state index contributed by atoms with van der Waals surface area (Å²) in [6.07, 6.45) is 2.39. The number of rotatable bonds is 4. The second-order valence-electron chi connectivity index (χ2n) is 6.81. The van der Waals surface area contributed by atoms with Gasteiger partial charge in [0.1, 0.15) is 5.82 Å². The molecular weight excluding hydrogens is 345 g/mol. The Bertz CT molecular complexity index is 909. The van der Waals surface area contributed by atoms with E-state index in [2.05, 4.69) is 10.1 Å². The van der Waals surface area contributed by atoms with Gasteiger partial charge in [-0.25, -0.2) is 4.39 Å². The van der Waals surface area contributed by atoms with Crippen molar-refractivity contribution in [2.24, 2.45) is 0 Å². The molecule has 1 aromatic heterocycles. The van der Waals surface area contributed by atoms with Crippen molar-refractivity contribution >= 4 is 5.91 Å². The molecule has 0 bridgehead atoms. The number of carbonyl (C=O) groups excluding carboxylic acids is 1. The highest BCUT2D eigenvalue weighted by atomic mass is 19.1. The van der Waals surface area contributed by atoms with Crippen LogP contribution < -0.4 is 0 Å². The molecule has 27 heavy (non-hydrogen) atoms. The molecule has 0 spiro atoms. The van der Waals surface area contributed by atoms with Crippen LogP contribution in [0.1, 0.15) is 46.4 Å². The molecule has 4 rings (SSSR count). The summed E-state index contributed by atoms with van der Waals surface area (Å²) < 4.78 is 18.5. The van der Waals surface area contributed by atoms with Crippen LogP contribution in [0.4, 0.5) is 4.39 Å². The maximum atomic E-state index is 13.1. The van der Waals surface area contributed by atoms with Crippen LogP contribution in [0, 0.1) is 5.82 Å². The molecule has 1 saturated heterocycles. The summed E-state index contributed by atoms with van der Waals surface area (Å²) in [5.74, 6) is 0.848. The molecule has 2 aromatic carbocycles. The molecule has 3 aromatic rings. The molecular formula is C21H20FN3O2. The first-order valence-corrected chi connectivity index (χ1v) is 9.10. The van der Waals surface area contributed by atoms with Crippen molar-refractivity contribution in [1.29, 1.82) is 0 Å². The Hall–Kier alpha value is -3.02. The number of halogens is 1. The minimum Gasteiger partial charge on any atom is -0.339 e. The number of nitrogens with zero attached hydrogens (tertiary/aromatic N) is 3. The highest BCUT2D eigenvalue weighted by molar-refractivity contribution is 5.94. The Morgan fingerprint density at radius 1 is 1.15 bits per heavy atom. The first-order chi connectivity index (χ1) is 13.2. The van der Waals surface area contributed by atoms with Crippen LogP contribution in [-0.4, -0.2) is 34.0 Å². The van der Waals surface area contributed by atoms with Crippen LogP contribution in [0.3, 0.4) is 0 Å². The SMILES string of the molecule is O=C(c1ccc(F)cc1)N1CCC[C@H](c2noc(Cc3ccccc3)n2)C1. The Morgan fingerprint density at radius 2 is 1.93 bits per heavy atom. The largest absolute Gasteiger partial charge is 0.339 e. The third-order valence-corrected chi connectivity index (χ3v) is 4.85. The number of benzene rings is 2. The number of hydrogen-bond donors (Lipinski definition) is 0. The zero-order chi connectivity index (χ0) is 18.6. The van der Waals surface area contributed by atoms with Gasteiger partial charge in [-0.2, -0.15) is 4.98 Å². The number of piperidine rings is 1. The molecule has 2 heterocycles. The van der Waals surface area contributed by atoms with Gasteiger partial charge in [-0.3, -0.25) is 4.79 Å². The highest BCUT2D eigenvalue weighted by Crippen LogP contribution is 2.26. The molecule has 5 nitrogen and oxygen atoms in total.